The molecule has 0 saturated carbocycles. The Hall–Kier alpha value is -2.25. The van der Waals surface area contributed by atoms with Gasteiger partial charge in [0.1, 0.15) is 0 Å². The molecule has 0 radical (unpaired) electrons. The molecule has 0 saturated heterocycles. The molecule has 0 aliphatic heterocycles. The summed E-state index contributed by atoms with van der Waals surface area (Å²) in [5, 5.41) is 8.09. The summed E-state index contributed by atoms with van der Waals surface area (Å²) in [6.07, 6.45) is 1.24. The number of benzene rings is 1. The SMILES string of the molecule is CCOC(Cn1cc(C(=O)N(Cc2ccccc2)C(C)C)nn1)OCC. The predicted molar refractivity (Wildman–Crippen MR) is 98.5 cm³/mol. The standard InChI is InChI=1S/C19H28N4O3/c1-5-25-18(26-6-2)14-22-13-17(20-21-22)19(24)23(15(3)4)12-16-10-8-7-9-11-16/h7-11,13,15,18H,5-6,12,14H2,1-4H3. The molecule has 1 heterocycles. The zero-order valence-corrected chi connectivity index (χ0v) is 16.0. The maximum Gasteiger partial charge on any atom is 0.276 e. The molecule has 0 unspecified atom stereocenters. The largest absolute Gasteiger partial charge is 0.351 e. The lowest BCUT2D eigenvalue weighted by Gasteiger charge is -2.26. The Bertz CT molecular complexity index is 666. The van der Waals surface area contributed by atoms with E-state index in [0.717, 1.165) is 5.56 Å². The highest BCUT2D eigenvalue weighted by Crippen LogP contribution is 2.12. The van der Waals surface area contributed by atoms with E-state index in [9.17, 15) is 4.79 Å². The fourth-order valence-corrected chi connectivity index (χ4v) is 2.58. The number of carbonyl (C=O) groups excluding carboxylic acids is 1. The molecule has 0 N–H and O–H groups in total. The third-order valence-corrected chi connectivity index (χ3v) is 3.88. The van der Waals surface area contributed by atoms with Crippen molar-refractivity contribution >= 4 is 5.91 Å². The van der Waals surface area contributed by atoms with Gasteiger partial charge in [0, 0.05) is 25.8 Å². The maximum atomic E-state index is 12.9. The lowest BCUT2D eigenvalue weighted by Crippen LogP contribution is -2.36. The number of hydrogen-bond donors (Lipinski definition) is 0. The molecule has 26 heavy (non-hydrogen) atoms. The van der Waals surface area contributed by atoms with Gasteiger partial charge >= 0.3 is 0 Å². The van der Waals surface area contributed by atoms with Crippen molar-refractivity contribution in [3.63, 3.8) is 0 Å². The van der Waals surface area contributed by atoms with E-state index in [-0.39, 0.29) is 11.9 Å². The van der Waals surface area contributed by atoms with E-state index >= 15 is 0 Å². The summed E-state index contributed by atoms with van der Waals surface area (Å²) in [6, 6.07) is 9.96. The van der Waals surface area contributed by atoms with Gasteiger partial charge in [-0.1, -0.05) is 35.5 Å². The van der Waals surface area contributed by atoms with Crippen LogP contribution in [-0.4, -0.2) is 51.3 Å². The van der Waals surface area contributed by atoms with E-state index in [0.29, 0.717) is 32.0 Å². The van der Waals surface area contributed by atoms with Gasteiger partial charge in [-0.2, -0.15) is 0 Å². The highest BCUT2D eigenvalue weighted by molar-refractivity contribution is 5.92. The van der Waals surface area contributed by atoms with Gasteiger partial charge in [0.15, 0.2) is 12.0 Å². The van der Waals surface area contributed by atoms with Crippen LogP contribution in [-0.2, 0) is 22.6 Å². The Labute approximate surface area is 154 Å². The molecule has 2 aromatic rings. The van der Waals surface area contributed by atoms with Crippen LogP contribution in [0.2, 0.25) is 0 Å². The van der Waals surface area contributed by atoms with Crippen LogP contribution in [0.5, 0.6) is 0 Å². The molecule has 1 aromatic carbocycles. The Morgan fingerprint density at radius 2 is 1.81 bits per heavy atom. The molecule has 7 nitrogen and oxygen atoms in total. The van der Waals surface area contributed by atoms with Crippen LogP contribution in [0.1, 0.15) is 43.7 Å². The molecule has 2 rings (SSSR count). The van der Waals surface area contributed by atoms with Gasteiger partial charge in [-0.3, -0.25) is 4.79 Å². The third-order valence-electron chi connectivity index (χ3n) is 3.88. The normalized spacial score (nSPS) is 11.3. The first-order valence-corrected chi connectivity index (χ1v) is 9.03. The maximum absolute atomic E-state index is 12.9. The number of ether oxygens (including phenoxy) is 2. The topological polar surface area (TPSA) is 69.5 Å². The molecule has 0 aliphatic rings. The number of nitrogens with zero attached hydrogens (tertiary/aromatic N) is 4. The highest BCUT2D eigenvalue weighted by atomic mass is 16.7. The molecule has 0 spiro atoms. The van der Waals surface area contributed by atoms with E-state index in [1.807, 2.05) is 58.0 Å². The monoisotopic (exact) mass is 360 g/mol. The molecule has 7 heteroatoms. The Morgan fingerprint density at radius 3 is 2.38 bits per heavy atom. The average molecular weight is 360 g/mol. The second-order valence-corrected chi connectivity index (χ2v) is 6.18. The number of rotatable bonds is 10. The fourth-order valence-electron chi connectivity index (χ4n) is 2.58. The zero-order chi connectivity index (χ0) is 18.9. The van der Waals surface area contributed by atoms with Gasteiger partial charge in [0.25, 0.3) is 5.91 Å². The molecule has 1 amide bonds. The first-order chi connectivity index (χ1) is 12.5. The summed E-state index contributed by atoms with van der Waals surface area (Å²) >= 11 is 0. The average Bonchev–Trinajstić information content (AvgIpc) is 3.09. The summed E-state index contributed by atoms with van der Waals surface area (Å²) in [5.74, 6) is -0.139. The second kappa shape index (κ2) is 10.0. The van der Waals surface area contributed by atoms with Crippen molar-refractivity contribution in [2.45, 2.75) is 53.1 Å². The third kappa shape index (κ3) is 5.64. The van der Waals surface area contributed by atoms with E-state index < -0.39 is 6.29 Å². The first kappa shape index (κ1) is 20.1. The predicted octanol–water partition coefficient (Wildman–Crippen LogP) is 2.73. The van der Waals surface area contributed by atoms with E-state index in [1.165, 1.54) is 0 Å². The molecular formula is C19H28N4O3. The number of carbonyl (C=O) groups is 1. The molecule has 0 atom stereocenters. The van der Waals surface area contributed by atoms with Crippen LogP contribution in [0.3, 0.4) is 0 Å². The molecular weight excluding hydrogens is 332 g/mol. The summed E-state index contributed by atoms with van der Waals surface area (Å²) < 4.78 is 12.6. The van der Waals surface area contributed by atoms with Crippen LogP contribution in [0, 0.1) is 0 Å². The highest BCUT2D eigenvalue weighted by Gasteiger charge is 2.22. The van der Waals surface area contributed by atoms with E-state index in [1.54, 1.807) is 15.8 Å². The second-order valence-electron chi connectivity index (χ2n) is 6.18. The summed E-state index contributed by atoms with van der Waals surface area (Å²) in [4.78, 5) is 14.7. The van der Waals surface area contributed by atoms with Gasteiger partial charge in [0.2, 0.25) is 0 Å². The minimum Gasteiger partial charge on any atom is -0.351 e. The van der Waals surface area contributed by atoms with Gasteiger partial charge < -0.3 is 14.4 Å². The van der Waals surface area contributed by atoms with Gasteiger partial charge in [-0.15, -0.1) is 5.10 Å². The van der Waals surface area contributed by atoms with Crippen LogP contribution in [0.4, 0.5) is 0 Å². The van der Waals surface area contributed by atoms with Crippen molar-refractivity contribution in [3.05, 3.63) is 47.8 Å². The van der Waals surface area contributed by atoms with Crippen molar-refractivity contribution in [1.29, 1.82) is 0 Å². The summed E-state index contributed by atoms with van der Waals surface area (Å²) in [5.41, 5.74) is 1.40. The lowest BCUT2D eigenvalue weighted by molar-refractivity contribution is -0.145. The lowest BCUT2D eigenvalue weighted by atomic mass is 10.2. The van der Waals surface area contributed by atoms with Gasteiger partial charge in [-0.25, -0.2) is 4.68 Å². The Balaban J connectivity index is 2.08. The molecule has 0 aliphatic carbocycles. The number of aromatic nitrogens is 3. The van der Waals surface area contributed by atoms with E-state index in [2.05, 4.69) is 10.3 Å². The zero-order valence-electron chi connectivity index (χ0n) is 16.0. The minimum absolute atomic E-state index is 0.0486. The van der Waals surface area contributed by atoms with Crippen LogP contribution in [0.25, 0.3) is 0 Å². The minimum atomic E-state index is -0.403. The first-order valence-electron chi connectivity index (χ1n) is 9.03. The molecule has 0 bridgehead atoms. The van der Waals surface area contributed by atoms with Crippen molar-refractivity contribution in [3.8, 4) is 0 Å². The van der Waals surface area contributed by atoms with Crippen molar-refractivity contribution in [2.24, 2.45) is 0 Å². The molecule has 0 fully saturated rings. The van der Waals surface area contributed by atoms with Crippen molar-refractivity contribution in [2.75, 3.05) is 13.2 Å². The van der Waals surface area contributed by atoms with Crippen molar-refractivity contribution in [1.82, 2.24) is 19.9 Å². The van der Waals surface area contributed by atoms with Gasteiger partial charge in [-0.05, 0) is 33.3 Å². The van der Waals surface area contributed by atoms with Crippen LogP contribution in [0.15, 0.2) is 36.5 Å². The number of amides is 1. The fraction of sp³-hybridized carbons (Fsp3) is 0.526. The summed E-state index contributed by atoms with van der Waals surface area (Å²) in [7, 11) is 0. The Kier molecular flexibility index (Phi) is 7.74. The summed E-state index contributed by atoms with van der Waals surface area (Å²) in [6.45, 7) is 9.81. The van der Waals surface area contributed by atoms with Crippen LogP contribution >= 0.6 is 0 Å². The molecule has 142 valence electrons. The Morgan fingerprint density at radius 1 is 1.15 bits per heavy atom. The quantitative estimate of drug-likeness (QED) is 0.609. The van der Waals surface area contributed by atoms with Crippen molar-refractivity contribution < 1.29 is 14.3 Å². The van der Waals surface area contributed by atoms with Crippen LogP contribution < -0.4 is 0 Å². The van der Waals surface area contributed by atoms with E-state index in [4.69, 9.17) is 9.47 Å². The number of hydrogen-bond acceptors (Lipinski definition) is 5. The molecule has 1 aromatic heterocycles. The van der Waals surface area contributed by atoms with Gasteiger partial charge in [0.05, 0.1) is 12.7 Å². The smallest absolute Gasteiger partial charge is 0.276 e.